The van der Waals surface area contributed by atoms with Gasteiger partial charge in [0.25, 0.3) is 5.92 Å². The fourth-order valence-electron chi connectivity index (χ4n) is 0.820. The van der Waals surface area contributed by atoms with Crippen molar-refractivity contribution in [3.05, 3.63) is 0 Å². The number of alkyl halides is 2. The van der Waals surface area contributed by atoms with Crippen molar-refractivity contribution in [2.75, 3.05) is 13.1 Å². The predicted octanol–water partition coefficient (Wildman–Crippen LogP) is 3.14. The first kappa shape index (κ1) is 24.3. The van der Waals surface area contributed by atoms with Gasteiger partial charge in [-0.05, 0) is 48.0 Å². The summed E-state index contributed by atoms with van der Waals surface area (Å²) in [6.45, 7) is 14.2. The van der Waals surface area contributed by atoms with Crippen molar-refractivity contribution in [1.29, 1.82) is 0 Å². The monoisotopic (exact) mass is 362 g/mol. The van der Waals surface area contributed by atoms with Crippen molar-refractivity contribution in [3.63, 3.8) is 0 Å². The summed E-state index contributed by atoms with van der Waals surface area (Å²) in [5.74, 6) is -2.80. The summed E-state index contributed by atoms with van der Waals surface area (Å²) in [6, 6.07) is 0. The van der Waals surface area contributed by atoms with Gasteiger partial charge < -0.3 is 0 Å². The van der Waals surface area contributed by atoms with E-state index in [1.807, 2.05) is 20.8 Å². The highest BCUT2D eigenvalue weighted by atomic mass is 32.2. The molecule has 136 valence electrons. The van der Waals surface area contributed by atoms with Crippen LogP contribution in [0, 0.1) is 0 Å². The number of hydrogen-bond acceptors (Lipinski definition) is 2. The second kappa shape index (κ2) is 10.1. The van der Waals surface area contributed by atoms with Gasteiger partial charge in [-0.1, -0.05) is 6.92 Å². The number of rotatable bonds is 6. The van der Waals surface area contributed by atoms with Gasteiger partial charge in [0, 0.05) is 13.5 Å². The minimum atomic E-state index is -2.80. The average molecular weight is 363 g/mol. The lowest BCUT2D eigenvalue weighted by atomic mass is 10.3. The van der Waals surface area contributed by atoms with Crippen molar-refractivity contribution in [2.24, 2.45) is 0 Å². The van der Waals surface area contributed by atoms with E-state index in [0.29, 0.717) is 0 Å². The average Bonchev–Trinajstić information content (AvgIpc) is 2.30. The quantitative estimate of drug-likeness (QED) is 0.763. The molecule has 0 amide bonds. The molecule has 0 bridgehead atoms. The van der Waals surface area contributed by atoms with Crippen molar-refractivity contribution < 1.29 is 17.2 Å². The zero-order chi connectivity index (χ0) is 18.2. The molecular formula is C14H32F2N2O2S2. The van der Waals surface area contributed by atoms with Crippen molar-refractivity contribution in [3.8, 4) is 0 Å². The smallest absolute Gasteiger partial charge is 0.242 e. The highest BCUT2D eigenvalue weighted by molar-refractivity contribution is 7.84. The van der Waals surface area contributed by atoms with Gasteiger partial charge in [-0.2, -0.15) is 0 Å². The summed E-state index contributed by atoms with van der Waals surface area (Å²) in [7, 11) is -2.30. The van der Waals surface area contributed by atoms with Crippen LogP contribution in [0.15, 0.2) is 0 Å². The number of hydrogen-bond donors (Lipinski definition) is 2. The molecule has 0 spiro atoms. The van der Waals surface area contributed by atoms with Gasteiger partial charge in [-0.15, -0.1) is 0 Å². The first-order chi connectivity index (χ1) is 9.61. The van der Waals surface area contributed by atoms with Crippen LogP contribution in [0.1, 0.15) is 61.8 Å². The lowest BCUT2D eigenvalue weighted by Crippen LogP contribution is -2.39. The second-order valence-corrected chi connectivity index (χ2v) is 11.1. The lowest BCUT2D eigenvalue weighted by molar-refractivity contribution is 0.0284. The number of nitrogens with one attached hydrogen (secondary N) is 2. The van der Waals surface area contributed by atoms with Crippen LogP contribution in [0.4, 0.5) is 8.78 Å². The van der Waals surface area contributed by atoms with Crippen molar-refractivity contribution >= 4 is 22.0 Å². The Morgan fingerprint density at radius 1 is 0.818 bits per heavy atom. The standard InChI is InChI=1S/C7H15F2NOS.C7H17NOS/c1-6(2,3)12(11)10-5-7(4,8)9;1-5-6-8-10(9)7(2,3)4/h10H,5H2,1-4H3;8H,5-6H2,1-4H3. The summed E-state index contributed by atoms with van der Waals surface area (Å²) >= 11 is 0. The Hall–Kier alpha value is 0.0800. The van der Waals surface area contributed by atoms with E-state index in [2.05, 4.69) is 16.4 Å². The third-order valence-corrected chi connectivity index (χ3v) is 5.21. The molecule has 22 heavy (non-hydrogen) atoms. The van der Waals surface area contributed by atoms with Crippen LogP contribution in [0.2, 0.25) is 0 Å². The van der Waals surface area contributed by atoms with E-state index in [0.717, 1.165) is 19.9 Å². The van der Waals surface area contributed by atoms with E-state index in [9.17, 15) is 17.2 Å². The fourth-order valence-corrected chi connectivity index (χ4v) is 2.46. The highest BCUT2D eigenvalue weighted by Crippen LogP contribution is 2.13. The first-order valence-electron chi connectivity index (χ1n) is 7.30. The van der Waals surface area contributed by atoms with E-state index in [-0.39, 0.29) is 4.75 Å². The molecule has 0 aliphatic rings. The Labute approximate surface area is 139 Å². The molecule has 0 saturated heterocycles. The second-order valence-electron chi connectivity index (χ2n) is 7.05. The van der Waals surface area contributed by atoms with E-state index in [4.69, 9.17) is 0 Å². The van der Waals surface area contributed by atoms with E-state index in [1.54, 1.807) is 20.8 Å². The summed E-state index contributed by atoms with van der Waals surface area (Å²) < 4.78 is 51.6. The summed E-state index contributed by atoms with van der Waals surface area (Å²) in [5.41, 5.74) is 0. The molecule has 0 aromatic heterocycles. The predicted molar refractivity (Wildman–Crippen MR) is 92.7 cm³/mol. The zero-order valence-corrected chi connectivity index (χ0v) is 16.6. The number of halogens is 2. The minimum absolute atomic E-state index is 0.130. The van der Waals surface area contributed by atoms with Crippen LogP contribution in [0.5, 0.6) is 0 Å². The summed E-state index contributed by atoms with van der Waals surface area (Å²) in [6.07, 6.45) is 1.03. The maximum Gasteiger partial charge on any atom is 0.258 e. The maximum atomic E-state index is 12.3. The topological polar surface area (TPSA) is 58.2 Å². The third-order valence-electron chi connectivity index (χ3n) is 2.11. The Bertz CT molecular complexity index is 359. The van der Waals surface area contributed by atoms with E-state index >= 15 is 0 Å². The molecular weight excluding hydrogens is 330 g/mol. The van der Waals surface area contributed by atoms with Gasteiger partial charge in [-0.3, -0.25) is 0 Å². The van der Waals surface area contributed by atoms with Crippen LogP contribution >= 0.6 is 0 Å². The Morgan fingerprint density at radius 2 is 1.18 bits per heavy atom. The van der Waals surface area contributed by atoms with Gasteiger partial charge in [-0.25, -0.2) is 26.6 Å². The third kappa shape index (κ3) is 15.0. The molecule has 0 aliphatic heterocycles. The van der Waals surface area contributed by atoms with Gasteiger partial charge in [0.15, 0.2) is 0 Å². The molecule has 2 N–H and O–H groups in total. The molecule has 0 fully saturated rings. The summed E-state index contributed by atoms with van der Waals surface area (Å²) in [5, 5.41) is 0. The van der Waals surface area contributed by atoms with Crippen LogP contribution in [0.25, 0.3) is 0 Å². The largest absolute Gasteiger partial charge is 0.258 e. The molecule has 0 saturated carbocycles. The van der Waals surface area contributed by atoms with Crippen molar-refractivity contribution in [2.45, 2.75) is 77.2 Å². The Morgan fingerprint density at radius 3 is 1.45 bits per heavy atom. The van der Waals surface area contributed by atoms with Gasteiger partial charge in [0.1, 0.15) is 0 Å². The molecule has 2 unspecified atom stereocenters. The molecule has 0 aromatic carbocycles. The fraction of sp³-hybridized carbons (Fsp3) is 1.00. The normalized spacial score (nSPS) is 15.7. The molecule has 0 heterocycles. The molecule has 0 radical (unpaired) electrons. The molecule has 0 aliphatic carbocycles. The van der Waals surface area contributed by atoms with Gasteiger partial charge in [0.05, 0.1) is 38.0 Å². The van der Waals surface area contributed by atoms with E-state index in [1.165, 1.54) is 0 Å². The van der Waals surface area contributed by atoms with Crippen LogP contribution in [0.3, 0.4) is 0 Å². The van der Waals surface area contributed by atoms with Crippen LogP contribution in [-0.2, 0) is 22.0 Å². The molecule has 0 aromatic rings. The SMILES string of the molecule is CC(F)(F)CNS(=O)C(C)(C)C.CCCNS(=O)C(C)(C)C. The van der Waals surface area contributed by atoms with E-state index < -0.39 is 39.2 Å². The van der Waals surface area contributed by atoms with Crippen LogP contribution < -0.4 is 9.44 Å². The van der Waals surface area contributed by atoms with Gasteiger partial charge >= 0.3 is 0 Å². The Kier molecular flexibility index (Phi) is 11.1. The summed E-state index contributed by atoms with van der Waals surface area (Å²) in [4.78, 5) is 0. The maximum absolute atomic E-state index is 12.3. The van der Waals surface area contributed by atoms with Gasteiger partial charge in [0.2, 0.25) is 0 Å². The van der Waals surface area contributed by atoms with Crippen molar-refractivity contribution in [1.82, 2.24) is 9.44 Å². The minimum Gasteiger partial charge on any atom is -0.242 e. The Balaban J connectivity index is 0. The lowest BCUT2D eigenvalue weighted by Gasteiger charge is -2.19. The first-order valence-corrected chi connectivity index (χ1v) is 9.60. The molecule has 4 nitrogen and oxygen atoms in total. The zero-order valence-electron chi connectivity index (χ0n) is 15.0. The molecule has 2 atom stereocenters. The highest BCUT2D eigenvalue weighted by Gasteiger charge is 2.25. The molecule has 0 rings (SSSR count). The van der Waals surface area contributed by atoms with Crippen LogP contribution in [-0.4, -0.2) is 36.9 Å². The molecule has 8 heteroatoms.